The molecule has 1 N–H and O–H groups in total. The number of fused-ring (bicyclic) bond motifs is 1. The van der Waals surface area contributed by atoms with Crippen LogP contribution >= 0.6 is 0 Å². The van der Waals surface area contributed by atoms with Crippen LogP contribution in [0.25, 0.3) is 0 Å². The Kier molecular flexibility index (Phi) is 2.60. The summed E-state index contributed by atoms with van der Waals surface area (Å²) in [7, 11) is 1.54. The quantitative estimate of drug-likeness (QED) is 0.734. The molecule has 0 spiro atoms. The molecule has 1 heterocycles. The number of carbonyl (C=O) groups excluding carboxylic acids is 1. The number of rotatable bonds is 2. The molecule has 0 saturated heterocycles. The van der Waals surface area contributed by atoms with Crippen molar-refractivity contribution in [2.24, 2.45) is 0 Å². The molecule has 0 fully saturated rings. The van der Waals surface area contributed by atoms with E-state index in [4.69, 9.17) is 9.47 Å². The smallest absolute Gasteiger partial charge is 0.338 e. The minimum Gasteiger partial charge on any atom is -0.496 e. The number of aliphatic hydroxyl groups excluding tert-OH is 1. The Morgan fingerprint density at radius 2 is 2.33 bits per heavy atom. The van der Waals surface area contributed by atoms with Gasteiger partial charge < -0.3 is 14.6 Å². The van der Waals surface area contributed by atoms with Crippen molar-refractivity contribution in [1.82, 2.24) is 0 Å². The van der Waals surface area contributed by atoms with Crippen LogP contribution in [0.2, 0.25) is 0 Å². The molecule has 4 heteroatoms. The highest BCUT2D eigenvalue weighted by molar-refractivity contribution is 5.92. The lowest BCUT2D eigenvalue weighted by molar-refractivity contribution is 0.0478. The lowest BCUT2D eigenvalue weighted by Gasteiger charge is -2.20. The Morgan fingerprint density at radius 3 is 3.00 bits per heavy atom. The predicted molar refractivity (Wildman–Crippen MR) is 52.9 cm³/mol. The predicted octanol–water partition coefficient (Wildman–Crippen LogP) is 0.900. The van der Waals surface area contributed by atoms with Gasteiger partial charge in [-0.25, -0.2) is 4.79 Å². The molecule has 0 atom stereocenters. The highest BCUT2D eigenvalue weighted by atomic mass is 16.5. The number of hydrogen-bond acceptors (Lipinski definition) is 4. The molecule has 0 aromatic heterocycles. The van der Waals surface area contributed by atoms with Gasteiger partial charge in [0.25, 0.3) is 0 Å². The van der Waals surface area contributed by atoms with E-state index in [-0.39, 0.29) is 12.6 Å². The van der Waals surface area contributed by atoms with E-state index in [0.717, 1.165) is 5.56 Å². The van der Waals surface area contributed by atoms with Crippen molar-refractivity contribution in [3.63, 3.8) is 0 Å². The van der Waals surface area contributed by atoms with Crippen molar-refractivity contribution in [1.29, 1.82) is 0 Å². The number of cyclic esters (lactones) is 1. The summed E-state index contributed by atoms with van der Waals surface area (Å²) in [5, 5.41) is 9.26. The average molecular weight is 208 g/mol. The van der Waals surface area contributed by atoms with Crippen LogP contribution in [0.4, 0.5) is 0 Å². The maximum absolute atomic E-state index is 11.4. The first-order valence-corrected chi connectivity index (χ1v) is 4.74. The molecule has 0 radical (unpaired) electrons. The molecule has 0 bridgehead atoms. The van der Waals surface area contributed by atoms with Gasteiger partial charge in [0.05, 0.1) is 25.9 Å². The van der Waals surface area contributed by atoms with Crippen LogP contribution in [0, 0.1) is 0 Å². The van der Waals surface area contributed by atoms with E-state index in [2.05, 4.69) is 0 Å². The fraction of sp³-hybridized carbons (Fsp3) is 0.364. The van der Waals surface area contributed by atoms with Gasteiger partial charge in [-0.1, -0.05) is 0 Å². The van der Waals surface area contributed by atoms with Gasteiger partial charge in [0.15, 0.2) is 0 Å². The Hall–Kier alpha value is -1.55. The zero-order valence-electron chi connectivity index (χ0n) is 8.45. The summed E-state index contributed by atoms with van der Waals surface area (Å²) < 4.78 is 10.0. The van der Waals surface area contributed by atoms with E-state index in [9.17, 15) is 9.90 Å². The SMILES string of the molecule is COc1ccc2c(c1CO)CCOC2=O. The summed E-state index contributed by atoms with van der Waals surface area (Å²) in [6, 6.07) is 3.35. The second kappa shape index (κ2) is 3.90. The van der Waals surface area contributed by atoms with E-state index >= 15 is 0 Å². The van der Waals surface area contributed by atoms with E-state index in [0.29, 0.717) is 29.9 Å². The van der Waals surface area contributed by atoms with Crippen LogP contribution < -0.4 is 4.74 Å². The Morgan fingerprint density at radius 1 is 1.53 bits per heavy atom. The first-order chi connectivity index (χ1) is 7.27. The molecule has 0 saturated carbocycles. The van der Waals surface area contributed by atoms with Crippen molar-refractivity contribution in [3.8, 4) is 5.75 Å². The summed E-state index contributed by atoms with van der Waals surface area (Å²) in [5.74, 6) is 0.291. The van der Waals surface area contributed by atoms with Crippen molar-refractivity contribution in [2.45, 2.75) is 13.0 Å². The van der Waals surface area contributed by atoms with Crippen molar-refractivity contribution < 1.29 is 19.4 Å². The van der Waals surface area contributed by atoms with Gasteiger partial charge in [0.2, 0.25) is 0 Å². The molecular weight excluding hydrogens is 196 g/mol. The van der Waals surface area contributed by atoms with Crippen LogP contribution in [0.5, 0.6) is 5.75 Å². The van der Waals surface area contributed by atoms with Crippen molar-refractivity contribution in [2.75, 3.05) is 13.7 Å². The molecule has 80 valence electrons. The van der Waals surface area contributed by atoms with Gasteiger partial charge in [-0.3, -0.25) is 0 Å². The zero-order valence-corrected chi connectivity index (χ0v) is 8.45. The second-order valence-corrected chi connectivity index (χ2v) is 3.32. The summed E-state index contributed by atoms with van der Waals surface area (Å²) in [5.41, 5.74) is 2.06. The molecule has 1 aliphatic heterocycles. The van der Waals surface area contributed by atoms with Gasteiger partial charge >= 0.3 is 5.97 Å². The zero-order chi connectivity index (χ0) is 10.8. The molecule has 0 amide bonds. The van der Waals surface area contributed by atoms with Crippen LogP contribution in [-0.2, 0) is 17.8 Å². The molecule has 1 aliphatic rings. The third-order valence-electron chi connectivity index (χ3n) is 2.57. The largest absolute Gasteiger partial charge is 0.496 e. The fourth-order valence-electron chi connectivity index (χ4n) is 1.84. The van der Waals surface area contributed by atoms with Crippen molar-refractivity contribution in [3.05, 3.63) is 28.8 Å². The van der Waals surface area contributed by atoms with Gasteiger partial charge in [-0.05, 0) is 17.7 Å². The van der Waals surface area contributed by atoms with Gasteiger partial charge in [-0.2, -0.15) is 0 Å². The first kappa shape index (κ1) is 9.98. The van der Waals surface area contributed by atoms with E-state index in [1.807, 2.05) is 0 Å². The third kappa shape index (κ3) is 1.57. The second-order valence-electron chi connectivity index (χ2n) is 3.32. The van der Waals surface area contributed by atoms with E-state index < -0.39 is 0 Å². The standard InChI is InChI=1S/C11H12O4/c1-14-10-3-2-8-7(9(10)6-12)4-5-15-11(8)13/h2-3,12H,4-6H2,1H3. The molecule has 0 unspecified atom stereocenters. The number of benzene rings is 1. The lowest BCUT2D eigenvalue weighted by atomic mass is 9.96. The summed E-state index contributed by atoms with van der Waals surface area (Å²) in [6.07, 6.45) is 0.633. The van der Waals surface area contributed by atoms with Crippen LogP contribution in [0.15, 0.2) is 12.1 Å². The Labute approximate surface area is 87.4 Å². The maximum Gasteiger partial charge on any atom is 0.338 e. The number of carbonyl (C=O) groups is 1. The Balaban J connectivity index is 2.58. The van der Waals surface area contributed by atoms with Crippen LogP contribution in [-0.4, -0.2) is 24.8 Å². The highest BCUT2D eigenvalue weighted by Gasteiger charge is 2.22. The monoisotopic (exact) mass is 208 g/mol. The van der Waals surface area contributed by atoms with E-state index in [1.165, 1.54) is 0 Å². The highest BCUT2D eigenvalue weighted by Crippen LogP contribution is 2.28. The number of esters is 1. The molecular formula is C11H12O4. The maximum atomic E-state index is 11.4. The fourth-order valence-corrected chi connectivity index (χ4v) is 1.84. The molecule has 1 aromatic carbocycles. The Bertz CT molecular complexity index is 398. The van der Waals surface area contributed by atoms with Crippen molar-refractivity contribution >= 4 is 5.97 Å². The number of aliphatic hydroxyl groups is 1. The minimum absolute atomic E-state index is 0.125. The molecule has 0 aliphatic carbocycles. The van der Waals surface area contributed by atoms with Gasteiger partial charge in [0.1, 0.15) is 5.75 Å². The third-order valence-corrected chi connectivity index (χ3v) is 2.57. The van der Waals surface area contributed by atoms with Crippen LogP contribution in [0.1, 0.15) is 21.5 Å². The molecule has 15 heavy (non-hydrogen) atoms. The lowest BCUT2D eigenvalue weighted by Crippen LogP contribution is -2.19. The normalized spacial score (nSPS) is 14.4. The average Bonchev–Trinajstić information content (AvgIpc) is 2.28. The molecule has 4 nitrogen and oxygen atoms in total. The number of methoxy groups -OCH3 is 1. The topological polar surface area (TPSA) is 55.8 Å². The minimum atomic E-state index is -0.325. The summed E-state index contributed by atoms with van der Waals surface area (Å²) in [4.78, 5) is 11.4. The molecule has 2 rings (SSSR count). The number of hydrogen-bond donors (Lipinski definition) is 1. The van der Waals surface area contributed by atoms with E-state index in [1.54, 1.807) is 19.2 Å². The van der Waals surface area contributed by atoms with Gasteiger partial charge in [-0.15, -0.1) is 0 Å². The first-order valence-electron chi connectivity index (χ1n) is 4.74. The number of ether oxygens (including phenoxy) is 2. The summed E-state index contributed by atoms with van der Waals surface area (Å²) >= 11 is 0. The molecule has 1 aromatic rings. The van der Waals surface area contributed by atoms with Crippen LogP contribution in [0.3, 0.4) is 0 Å². The summed E-state index contributed by atoms with van der Waals surface area (Å²) in [6.45, 7) is 0.242. The van der Waals surface area contributed by atoms with Gasteiger partial charge in [0, 0.05) is 12.0 Å².